The van der Waals surface area contributed by atoms with Gasteiger partial charge >= 0.3 is 39.5 Å². The quantitative estimate of drug-likeness (QED) is 0.0222. The van der Waals surface area contributed by atoms with Gasteiger partial charge in [0.15, 0.2) is 12.2 Å². The van der Waals surface area contributed by atoms with E-state index in [4.69, 9.17) is 37.0 Å². The smallest absolute Gasteiger partial charge is 0.462 e. The Bertz CT molecular complexity index is 1930. The van der Waals surface area contributed by atoms with Gasteiger partial charge in [0.1, 0.15) is 19.3 Å². The summed E-state index contributed by atoms with van der Waals surface area (Å²) in [6.07, 6.45) is 62.5. The summed E-state index contributed by atoms with van der Waals surface area (Å²) in [5.41, 5.74) is 0. The highest BCUT2D eigenvalue weighted by Gasteiger charge is 2.30. The Balaban J connectivity index is 5.24. The maximum Gasteiger partial charge on any atom is 0.472 e. The summed E-state index contributed by atoms with van der Waals surface area (Å²) in [6.45, 7) is 9.61. The van der Waals surface area contributed by atoms with E-state index in [-0.39, 0.29) is 25.7 Å². The van der Waals surface area contributed by atoms with Crippen LogP contribution in [-0.4, -0.2) is 96.7 Å². The van der Waals surface area contributed by atoms with Crippen molar-refractivity contribution in [3.8, 4) is 0 Å². The monoisotopic (exact) mass is 1470 g/mol. The van der Waals surface area contributed by atoms with Crippen LogP contribution >= 0.6 is 15.6 Å². The minimum absolute atomic E-state index is 0.106. The van der Waals surface area contributed by atoms with E-state index in [0.717, 1.165) is 108 Å². The topological polar surface area (TPSA) is 237 Å². The van der Waals surface area contributed by atoms with Crippen molar-refractivity contribution in [1.29, 1.82) is 0 Å². The van der Waals surface area contributed by atoms with Crippen molar-refractivity contribution in [2.75, 3.05) is 39.6 Å². The molecule has 0 bridgehead atoms. The molecule has 0 amide bonds. The van der Waals surface area contributed by atoms with Crippen molar-refractivity contribution in [3.63, 3.8) is 0 Å². The second-order valence-electron chi connectivity index (χ2n) is 29.9. The van der Waals surface area contributed by atoms with E-state index in [0.29, 0.717) is 25.7 Å². The number of carbonyl (C=O) groups excluding carboxylic acids is 4. The van der Waals surface area contributed by atoms with Crippen molar-refractivity contribution >= 4 is 39.5 Å². The van der Waals surface area contributed by atoms with E-state index in [1.165, 1.54) is 238 Å². The lowest BCUT2D eigenvalue weighted by molar-refractivity contribution is -0.161. The molecule has 0 rings (SSSR count). The number of hydrogen-bond donors (Lipinski definition) is 3. The van der Waals surface area contributed by atoms with Gasteiger partial charge in [-0.1, -0.05) is 375 Å². The molecule has 6 atom stereocenters. The van der Waals surface area contributed by atoms with Crippen LogP contribution in [0.2, 0.25) is 0 Å². The predicted molar refractivity (Wildman–Crippen MR) is 409 cm³/mol. The van der Waals surface area contributed by atoms with Crippen molar-refractivity contribution in [2.45, 2.75) is 445 Å². The van der Waals surface area contributed by atoms with Crippen molar-refractivity contribution in [3.05, 3.63) is 0 Å². The van der Waals surface area contributed by atoms with Gasteiger partial charge in [0.05, 0.1) is 26.4 Å². The molecule has 0 saturated heterocycles. The highest BCUT2D eigenvalue weighted by Crippen LogP contribution is 2.45. The Morgan fingerprint density at radius 1 is 0.290 bits per heavy atom. The molecular formula is C81H158O17P2. The maximum absolute atomic E-state index is 13.1. The molecule has 17 nitrogen and oxygen atoms in total. The zero-order chi connectivity index (χ0) is 73.5. The standard InChI is InChI=1S/C81H158O17P2/c1-7-10-12-14-16-18-20-22-24-26-27-28-30-32-37-41-45-53-59-65-80(85)97-76(69-91-78(83)63-57-51-44-40-36-31-29-25-23-21-19-17-15-13-11-8-2)71-95-99(87,88)93-67-75(82)68-94-100(89,90)96-72-77(70-92-79(84)64-58-52-48-47-50-56-62-74(6)9-3)98-81(86)66-60-54-46-42-38-34-33-35-39-43-49-55-61-73(4)5/h73-77,82H,7-72H2,1-6H3,(H,87,88)(H,89,90)/t74?,75-,76-,77-/m1/s1. The lowest BCUT2D eigenvalue weighted by atomic mass is 10.00. The molecule has 0 fully saturated rings. The average Bonchev–Trinajstić information content (AvgIpc) is 0.929. The van der Waals surface area contributed by atoms with Crippen LogP contribution in [-0.2, 0) is 65.4 Å². The molecule has 0 aliphatic heterocycles. The first-order chi connectivity index (χ1) is 48.4. The van der Waals surface area contributed by atoms with Crippen molar-refractivity contribution < 1.29 is 80.2 Å². The average molecular weight is 1470 g/mol. The molecule has 3 unspecified atom stereocenters. The number of rotatable bonds is 80. The molecule has 0 saturated carbocycles. The highest BCUT2D eigenvalue weighted by atomic mass is 31.2. The first kappa shape index (κ1) is 98.1. The van der Waals surface area contributed by atoms with Crippen LogP contribution < -0.4 is 0 Å². The zero-order valence-corrected chi connectivity index (χ0v) is 67.3. The summed E-state index contributed by atoms with van der Waals surface area (Å²) in [5, 5.41) is 10.6. The first-order valence-electron chi connectivity index (χ1n) is 42.0. The van der Waals surface area contributed by atoms with E-state index in [1.54, 1.807) is 0 Å². The number of phosphoric acid groups is 2. The largest absolute Gasteiger partial charge is 0.472 e. The minimum atomic E-state index is -4.96. The van der Waals surface area contributed by atoms with Gasteiger partial charge in [-0.05, 0) is 37.5 Å². The molecule has 0 radical (unpaired) electrons. The first-order valence-corrected chi connectivity index (χ1v) is 45.0. The van der Waals surface area contributed by atoms with Crippen LogP contribution in [0.3, 0.4) is 0 Å². The van der Waals surface area contributed by atoms with Crippen LogP contribution in [0.4, 0.5) is 0 Å². The molecule has 0 aromatic heterocycles. The Hall–Kier alpha value is -1.94. The van der Waals surface area contributed by atoms with Crippen LogP contribution in [0, 0.1) is 11.8 Å². The number of unbranched alkanes of at least 4 members (excludes halogenated alkanes) is 49. The van der Waals surface area contributed by atoms with E-state index < -0.39 is 97.5 Å². The van der Waals surface area contributed by atoms with Gasteiger partial charge < -0.3 is 33.8 Å². The molecule has 0 aliphatic rings. The molecule has 0 aromatic carbocycles. The number of hydrogen-bond acceptors (Lipinski definition) is 15. The van der Waals surface area contributed by atoms with Crippen LogP contribution in [0.1, 0.15) is 427 Å². The third-order valence-corrected chi connectivity index (χ3v) is 21.2. The Kier molecular flexibility index (Phi) is 71.2. The fraction of sp³-hybridized carbons (Fsp3) is 0.951. The van der Waals surface area contributed by atoms with E-state index in [2.05, 4.69) is 41.5 Å². The molecule has 0 heterocycles. The Morgan fingerprint density at radius 2 is 0.510 bits per heavy atom. The molecule has 0 spiro atoms. The predicted octanol–water partition coefficient (Wildman–Crippen LogP) is 24.3. The summed E-state index contributed by atoms with van der Waals surface area (Å²) >= 11 is 0. The maximum atomic E-state index is 13.1. The summed E-state index contributed by atoms with van der Waals surface area (Å²) in [4.78, 5) is 73.0. The second-order valence-corrected chi connectivity index (χ2v) is 32.8. The van der Waals surface area contributed by atoms with Gasteiger partial charge in [-0.25, -0.2) is 9.13 Å². The fourth-order valence-electron chi connectivity index (χ4n) is 12.5. The fourth-order valence-corrected chi connectivity index (χ4v) is 14.1. The summed E-state index contributed by atoms with van der Waals surface area (Å²) in [6, 6.07) is 0. The molecule has 0 aliphatic carbocycles. The lowest BCUT2D eigenvalue weighted by Crippen LogP contribution is -2.30. The number of esters is 4. The number of phosphoric ester groups is 2. The van der Waals surface area contributed by atoms with Gasteiger partial charge in [0, 0.05) is 25.7 Å². The molecule has 100 heavy (non-hydrogen) atoms. The molecule has 19 heteroatoms. The summed E-state index contributed by atoms with van der Waals surface area (Å²) < 4.78 is 68.7. The molecule has 3 N–H and O–H groups in total. The molecule has 0 aromatic rings. The van der Waals surface area contributed by atoms with Gasteiger partial charge in [-0.2, -0.15) is 0 Å². The lowest BCUT2D eigenvalue weighted by Gasteiger charge is -2.21. The molecular weight excluding hydrogens is 1310 g/mol. The number of aliphatic hydroxyl groups is 1. The second kappa shape index (κ2) is 72.6. The Morgan fingerprint density at radius 3 is 0.760 bits per heavy atom. The van der Waals surface area contributed by atoms with Gasteiger partial charge in [0.25, 0.3) is 0 Å². The van der Waals surface area contributed by atoms with E-state index in [1.807, 2.05) is 0 Å². The third kappa shape index (κ3) is 73.0. The van der Waals surface area contributed by atoms with E-state index >= 15 is 0 Å². The zero-order valence-electron chi connectivity index (χ0n) is 65.5. The highest BCUT2D eigenvalue weighted by molar-refractivity contribution is 7.47. The van der Waals surface area contributed by atoms with Crippen molar-refractivity contribution in [1.82, 2.24) is 0 Å². The van der Waals surface area contributed by atoms with Crippen LogP contribution in [0.5, 0.6) is 0 Å². The summed E-state index contributed by atoms with van der Waals surface area (Å²) in [7, 11) is -9.92. The third-order valence-electron chi connectivity index (χ3n) is 19.3. The Labute approximate surface area is 613 Å². The van der Waals surface area contributed by atoms with Gasteiger partial charge in [-0.15, -0.1) is 0 Å². The van der Waals surface area contributed by atoms with Crippen LogP contribution in [0.15, 0.2) is 0 Å². The number of aliphatic hydroxyl groups excluding tert-OH is 1. The normalized spacial score (nSPS) is 14.2. The van der Waals surface area contributed by atoms with Gasteiger partial charge in [-0.3, -0.25) is 37.3 Å². The number of carbonyl (C=O) groups is 4. The van der Waals surface area contributed by atoms with E-state index in [9.17, 15) is 43.2 Å². The molecule has 594 valence electrons. The number of ether oxygens (including phenoxy) is 4. The van der Waals surface area contributed by atoms with Crippen molar-refractivity contribution in [2.24, 2.45) is 11.8 Å². The van der Waals surface area contributed by atoms with Crippen LogP contribution in [0.25, 0.3) is 0 Å². The summed E-state index contributed by atoms with van der Waals surface area (Å²) in [5.74, 6) is -0.602. The van der Waals surface area contributed by atoms with Gasteiger partial charge in [0.2, 0.25) is 0 Å². The minimum Gasteiger partial charge on any atom is -0.462 e. The SMILES string of the molecule is CCCCCCCCCCCCCCCCCCCCCC(=O)O[C@H](COC(=O)CCCCCCCCCCCCCCCCCC)COP(=O)(O)OC[C@@H](O)COP(=O)(O)OC[C@@H](COC(=O)CCCCCCCCC(C)CC)OC(=O)CCCCCCCCCCCCCCC(C)C.